The van der Waals surface area contributed by atoms with Crippen molar-refractivity contribution < 1.29 is 18.7 Å². The average molecular weight is 286 g/mol. The summed E-state index contributed by atoms with van der Waals surface area (Å²) in [4.78, 5) is 13.4. The highest BCUT2D eigenvalue weighted by Crippen LogP contribution is 2.21. The molecule has 20 heavy (non-hydrogen) atoms. The first-order chi connectivity index (χ1) is 9.49. The SMILES string of the molecule is CCN(CC)C(=O)CCNCc1cc(F)c(O)c(F)c1. The summed E-state index contributed by atoms with van der Waals surface area (Å²) in [7, 11) is 0. The third-order valence-electron chi connectivity index (χ3n) is 3.04. The standard InChI is InChI=1S/C14H20F2N2O2/c1-3-18(4-2)13(19)5-6-17-9-10-7-11(15)14(20)12(16)8-10/h7-8,17,20H,3-6,9H2,1-2H3. The number of amides is 1. The van der Waals surface area contributed by atoms with Crippen LogP contribution in [0, 0.1) is 11.6 Å². The molecule has 0 bridgehead atoms. The second-order valence-electron chi connectivity index (χ2n) is 4.40. The van der Waals surface area contributed by atoms with E-state index in [1.165, 1.54) is 0 Å². The predicted octanol–water partition coefficient (Wildman–Crippen LogP) is 2.02. The van der Waals surface area contributed by atoms with Crippen molar-refractivity contribution in [3.63, 3.8) is 0 Å². The van der Waals surface area contributed by atoms with Gasteiger partial charge in [-0.25, -0.2) is 8.78 Å². The molecule has 1 aromatic rings. The largest absolute Gasteiger partial charge is 0.503 e. The number of phenols is 1. The highest BCUT2D eigenvalue weighted by molar-refractivity contribution is 5.76. The molecule has 0 unspecified atom stereocenters. The number of hydrogen-bond acceptors (Lipinski definition) is 3. The number of rotatable bonds is 7. The predicted molar refractivity (Wildman–Crippen MR) is 72.3 cm³/mol. The van der Waals surface area contributed by atoms with Gasteiger partial charge in [-0.3, -0.25) is 4.79 Å². The molecule has 0 aliphatic carbocycles. The zero-order chi connectivity index (χ0) is 15.1. The van der Waals surface area contributed by atoms with Gasteiger partial charge in [0.15, 0.2) is 17.4 Å². The lowest BCUT2D eigenvalue weighted by Gasteiger charge is -2.18. The Balaban J connectivity index is 2.40. The third kappa shape index (κ3) is 4.45. The van der Waals surface area contributed by atoms with Crippen molar-refractivity contribution >= 4 is 5.91 Å². The molecule has 0 saturated carbocycles. The molecule has 0 spiro atoms. The molecule has 0 aliphatic heterocycles. The van der Waals surface area contributed by atoms with Crippen LogP contribution in [-0.4, -0.2) is 35.5 Å². The second-order valence-corrected chi connectivity index (χ2v) is 4.40. The minimum absolute atomic E-state index is 0.0468. The van der Waals surface area contributed by atoms with Gasteiger partial charge in [0.25, 0.3) is 0 Å². The maximum absolute atomic E-state index is 13.1. The van der Waals surface area contributed by atoms with Crippen LogP contribution in [0.1, 0.15) is 25.8 Å². The topological polar surface area (TPSA) is 52.6 Å². The Morgan fingerprint density at radius 1 is 1.25 bits per heavy atom. The van der Waals surface area contributed by atoms with E-state index in [4.69, 9.17) is 5.11 Å². The van der Waals surface area contributed by atoms with Crippen molar-refractivity contribution in [2.24, 2.45) is 0 Å². The van der Waals surface area contributed by atoms with Gasteiger partial charge in [0.05, 0.1) is 0 Å². The second kappa shape index (κ2) is 7.79. The Morgan fingerprint density at radius 2 is 1.80 bits per heavy atom. The first-order valence-corrected chi connectivity index (χ1v) is 6.64. The number of aromatic hydroxyl groups is 1. The molecule has 112 valence electrons. The molecule has 1 rings (SSSR count). The summed E-state index contributed by atoms with van der Waals surface area (Å²) in [5.41, 5.74) is 0.382. The van der Waals surface area contributed by atoms with Gasteiger partial charge >= 0.3 is 0 Å². The van der Waals surface area contributed by atoms with E-state index < -0.39 is 17.4 Å². The van der Waals surface area contributed by atoms with Crippen molar-refractivity contribution in [1.82, 2.24) is 10.2 Å². The number of nitrogens with zero attached hydrogens (tertiary/aromatic N) is 1. The average Bonchev–Trinajstić information content (AvgIpc) is 2.42. The van der Waals surface area contributed by atoms with Crippen molar-refractivity contribution in [2.45, 2.75) is 26.8 Å². The molecular formula is C14H20F2N2O2. The van der Waals surface area contributed by atoms with Crippen LogP contribution >= 0.6 is 0 Å². The lowest BCUT2D eigenvalue weighted by atomic mass is 10.2. The minimum Gasteiger partial charge on any atom is -0.503 e. The molecule has 0 aromatic heterocycles. The molecule has 0 fully saturated rings. The van der Waals surface area contributed by atoms with Crippen LogP contribution in [0.25, 0.3) is 0 Å². The van der Waals surface area contributed by atoms with E-state index >= 15 is 0 Å². The number of hydrogen-bond donors (Lipinski definition) is 2. The van der Waals surface area contributed by atoms with Crippen LogP contribution in [0.5, 0.6) is 5.75 Å². The molecule has 0 saturated heterocycles. The highest BCUT2D eigenvalue weighted by atomic mass is 19.1. The molecule has 4 nitrogen and oxygen atoms in total. The number of nitrogens with one attached hydrogen (secondary N) is 1. The zero-order valence-corrected chi connectivity index (χ0v) is 11.7. The van der Waals surface area contributed by atoms with Crippen LogP contribution < -0.4 is 5.32 Å². The lowest BCUT2D eigenvalue weighted by Crippen LogP contribution is -2.32. The van der Waals surface area contributed by atoms with Crippen molar-refractivity contribution in [3.05, 3.63) is 29.3 Å². The summed E-state index contributed by atoms with van der Waals surface area (Å²) < 4.78 is 26.2. The number of carbonyl (C=O) groups excluding carboxylic acids is 1. The summed E-state index contributed by atoms with van der Waals surface area (Å²) >= 11 is 0. The summed E-state index contributed by atoms with van der Waals surface area (Å²) in [5.74, 6) is -2.89. The summed E-state index contributed by atoms with van der Waals surface area (Å²) in [6.45, 7) is 5.83. The maximum atomic E-state index is 13.1. The third-order valence-corrected chi connectivity index (χ3v) is 3.04. The van der Waals surface area contributed by atoms with E-state index in [2.05, 4.69) is 5.32 Å². The van der Waals surface area contributed by atoms with Crippen LogP contribution in [0.15, 0.2) is 12.1 Å². The van der Waals surface area contributed by atoms with Gasteiger partial charge in [-0.1, -0.05) is 0 Å². The maximum Gasteiger partial charge on any atom is 0.223 e. The van der Waals surface area contributed by atoms with E-state index in [-0.39, 0.29) is 12.5 Å². The Labute approximate surface area is 117 Å². The Bertz CT molecular complexity index is 439. The van der Waals surface area contributed by atoms with Crippen molar-refractivity contribution in [2.75, 3.05) is 19.6 Å². The molecule has 2 N–H and O–H groups in total. The molecule has 0 radical (unpaired) electrons. The monoisotopic (exact) mass is 286 g/mol. The number of halogens is 2. The fourth-order valence-corrected chi connectivity index (χ4v) is 1.88. The molecule has 6 heteroatoms. The first kappa shape index (κ1) is 16.4. The molecule has 0 heterocycles. The van der Waals surface area contributed by atoms with E-state index in [0.717, 1.165) is 12.1 Å². The van der Waals surface area contributed by atoms with E-state index in [1.807, 2.05) is 13.8 Å². The Morgan fingerprint density at radius 3 is 2.30 bits per heavy atom. The Hall–Kier alpha value is -1.69. The van der Waals surface area contributed by atoms with E-state index in [1.54, 1.807) is 4.90 Å². The molecule has 1 amide bonds. The van der Waals surface area contributed by atoms with Gasteiger partial charge in [-0.15, -0.1) is 0 Å². The van der Waals surface area contributed by atoms with Gasteiger partial charge in [-0.05, 0) is 31.5 Å². The van der Waals surface area contributed by atoms with Crippen molar-refractivity contribution in [1.29, 1.82) is 0 Å². The van der Waals surface area contributed by atoms with Crippen LogP contribution in [-0.2, 0) is 11.3 Å². The molecular weight excluding hydrogens is 266 g/mol. The fraction of sp³-hybridized carbons (Fsp3) is 0.500. The van der Waals surface area contributed by atoms with Gasteiger partial charge in [-0.2, -0.15) is 0 Å². The fourth-order valence-electron chi connectivity index (χ4n) is 1.88. The normalized spacial score (nSPS) is 10.6. The molecule has 0 aliphatic rings. The van der Waals surface area contributed by atoms with E-state index in [0.29, 0.717) is 31.6 Å². The van der Waals surface area contributed by atoms with Gasteiger partial charge in [0, 0.05) is 32.6 Å². The minimum atomic E-state index is -0.985. The van der Waals surface area contributed by atoms with Gasteiger partial charge in [0.2, 0.25) is 5.91 Å². The first-order valence-electron chi connectivity index (χ1n) is 6.64. The lowest BCUT2D eigenvalue weighted by molar-refractivity contribution is -0.130. The smallest absolute Gasteiger partial charge is 0.223 e. The van der Waals surface area contributed by atoms with Gasteiger partial charge in [0.1, 0.15) is 0 Å². The zero-order valence-electron chi connectivity index (χ0n) is 11.7. The molecule has 1 aromatic carbocycles. The quantitative estimate of drug-likeness (QED) is 0.754. The van der Waals surface area contributed by atoms with Crippen LogP contribution in [0.4, 0.5) is 8.78 Å². The van der Waals surface area contributed by atoms with Crippen LogP contribution in [0.2, 0.25) is 0 Å². The summed E-state index contributed by atoms with van der Waals surface area (Å²) in [5, 5.41) is 11.9. The van der Waals surface area contributed by atoms with Gasteiger partial charge < -0.3 is 15.3 Å². The number of carbonyl (C=O) groups is 1. The van der Waals surface area contributed by atoms with E-state index in [9.17, 15) is 13.6 Å². The Kier molecular flexibility index (Phi) is 6.38. The summed E-state index contributed by atoms with van der Waals surface area (Å²) in [6.07, 6.45) is 0.338. The number of phenolic OH excluding ortho intramolecular Hbond substituents is 1. The van der Waals surface area contributed by atoms with Crippen molar-refractivity contribution in [3.8, 4) is 5.75 Å². The molecule has 0 atom stereocenters. The summed E-state index contributed by atoms with van der Waals surface area (Å²) in [6, 6.07) is 2.13. The van der Waals surface area contributed by atoms with Crippen LogP contribution in [0.3, 0.4) is 0 Å². The number of benzene rings is 1. The highest BCUT2D eigenvalue weighted by Gasteiger charge is 2.10.